The Bertz CT molecular complexity index is 671. The van der Waals surface area contributed by atoms with Gasteiger partial charge in [0.2, 0.25) is 0 Å². The van der Waals surface area contributed by atoms with Gasteiger partial charge in [0.25, 0.3) is 0 Å². The Kier molecular flexibility index (Phi) is 5.38. The van der Waals surface area contributed by atoms with Gasteiger partial charge in [0.05, 0.1) is 26.6 Å². The largest absolute Gasteiger partial charge is 0.293 e. The van der Waals surface area contributed by atoms with Crippen LogP contribution in [-0.4, -0.2) is 15.7 Å². The van der Waals surface area contributed by atoms with Crippen LogP contribution in [0, 0.1) is 0 Å². The maximum absolute atomic E-state index is 12.1. The summed E-state index contributed by atoms with van der Waals surface area (Å²) in [5.41, 5.74) is 0.407. The summed E-state index contributed by atoms with van der Waals surface area (Å²) in [4.78, 5) is 12.7. The van der Waals surface area contributed by atoms with Crippen molar-refractivity contribution < 1.29 is 9.00 Å². The van der Waals surface area contributed by atoms with E-state index in [9.17, 15) is 9.00 Å². The van der Waals surface area contributed by atoms with E-state index < -0.39 is 10.8 Å². The molecule has 0 aliphatic rings. The summed E-state index contributed by atoms with van der Waals surface area (Å²) in [5.74, 6) is -0.315. The highest BCUT2D eigenvalue weighted by molar-refractivity contribution is 9.10. The summed E-state index contributed by atoms with van der Waals surface area (Å²) in [6.07, 6.45) is 0. The second kappa shape index (κ2) is 6.85. The summed E-state index contributed by atoms with van der Waals surface area (Å²) in [6.45, 7) is 0. The van der Waals surface area contributed by atoms with E-state index in [1.54, 1.807) is 36.4 Å². The molecule has 0 saturated carbocycles. The van der Waals surface area contributed by atoms with Gasteiger partial charge in [-0.3, -0.25) is 9.00 Å². The van der Waals surface area contributed by atoms with E-state index in [2.05, 4.69) is 15.9 Å². The molecule has 0 spiro atoms. The monoisotopic (exact) mass is 390 g/mol. The first-order valence-corrected chi connectivity index (χ1v) is 8.46. The number of halogens is 3. The van der Waals surface area contributed by atoms with Crippen molar-refractivity contribution in [2.45, 2.75) is 4.90 Å². The minimum absolute atomic E-state index is 0.0837. The molecule has 1 atom stereocenters. The Morgan fingerprint density at radius 2 is 1.70 bits per heavy atom. The lowest BCUT2D eigenvalue weighted by molar-refractivity contribution is 0.102. The Labute approximate surface area is 137 Å². The van der Waals surface area contributed by atoms with Crippen molar-refractivity contribution in [1.82, 2.24) is 0 Å². The van der Waals surface area contributed by atoms with Crippen LogP contribution in [-0.2, 0) is 10.8 Å². The van der Waals surface area contributed by atoms with Gasteiger partial charge in [0, 0.05) is 14.9 Å². The Morgan fingerprint density at radius 3 is 2.30 bits per heavy atom. The molecule has 0 saturated heterocycles. The molecule has 2 aromatic carbocycles. The highest BCUT2D eigenvalue weighted by Crippen LogP contribution is 2.23. The van der Waals surface area contributed by atoms with Crippen LogP contribution in [0.5, 0.6) is 0 Å². The molecule has 104 valence electrons. The molecule has 20 heavy (non-hydrogen) atoms. The van der Waals surface area contributed by atoms with Crippen LogP contribution in [0.2, 0.25) is 10.0 Å². The predicted octanol–water partition coefficient (Wildman–Crippen LogP) is 4.75. The highest BCUT2D eigenvalue weighted by Gasteiger charge is 2.13. The Balaban J connectivity index is 2.13. The van der Waals surface area contributed by atoms with Gasteiger partial charge in [0.15, 0.2) is 5.78 Å². The zero-order chi connectivity index (χ0) is 14.7. The number of ketones is 1. The van der Waals surface area contributed by atoms with Gasteiger partial charge in [0.1, 0.15) is 0 Å². The van der Waals surface area contributed by atoms with Crippen molar-refractivity contribution in [1.29, 1.82) is 0 Å². The number of Topliss-reactive ketones (excluding diaryl/α,β-unsaturated/α-hetero) is 1. The lowest BCUT2D eigenvalue weighted by Crippen LogP contribution is -2.11. The van der Waals surface area contributed by atoms with Crippen LogP contribution in [0.4, 0.5) is 0 Å². The normalized spacial score (nSPS) is 12.2. The van der Waals surface area contributed by atoms with Crippen molar-refractivity contribution in [2.24, 2.45) is 0 Å². The first-order valence-electron chi connectivity index (χ1n) is 5.59. The van der Waals surface area contributed by atoms with E-state index in [1.165, 1.54) is 6.07 Å². The molecule has 0 aliphatic heterocycles. The molecule has 0 amide bonds. The number of rotatable bonds is 4. The summed E-state index contributed by atoms with van der Waals surface area (Å²) in [7, 11) is -1.38. The second-order valence-electron chi connectivity index (χ2n) is 4.00. The van der Waals surface area contributed by atoms with Gasteiger partial charge in [-0.2, -0.15) is 0 Å². The van der Waals surface area contributed by atoms with Crippen molar-refractivity contribution in [3.05, 3.63) is 62.5 Å². The SMILES string of the molecule is O=C(CS(=O)c1ccc(Br)cc1)c1ccc(Cl)c(Cl)c1. The number of carbonyl (C=O) groups is 1. The van der Waals surface area contributed by atoms with E-state index in [0.29, 0.717) is 20.5 Å². The molecule has 2 rings (SSSR count). The van der Waals surface area contributed by atoms with Gasteiger partial charge < -0.3 is 0 Å². The zero-order valence-corrected chi connectivity index (χ0v) is 14.0. The fourth-order valence-corrected chi connectivity index (χ4v) is 3.12. The number of hydrogen-bond acceptors (Lipinski definition) is 2. The standard InChI is InChI=1S/C14H9BrCl2O2S/c15-10-2-4-11(5-3-10)20(19)8-14(18)9-1-6-12(16)13(17)7-9/h1-7H,8H2. The Hall–Kier alpha value is -0.680. The summed E-state index contributed by atoms with van der Waals surface area (Å²) in [5, 5.41) is 0.698. The number of carbonyl (C=O) groups excluding carboxylic acids is 1. The third-order valence-corrected chi connectivity index (χ3v) is 5.17. The summed E-state index contributed by atoms with van der Waals surface area (Å²) >= 11 is 15.0. The van der Waals surface area contributed by atoms with E-state index in [1.807, 2.05) is 0 Å². The molecule has 0 fully saturated rings. The number of benzene rings is 2. The van der Waals surface area contributed by atoms with Crippen LogP contribution in [0.25, 0.3) is 0 Å². The molecule has 0 aliphatic carbocycles. The van der Waals surface area contributed by atoms with Crippen molar-refractivity contribution in [3.8, 4) is 0 Å². The van der Waals surface area contributed by atoms with E-state index >= 15 is 0 Å². The molecule has 2 nitrogen and oxygen atoms in total. The Morgan fingerprint density at radius 1 is 1.05 bits per heavy atom. The van der Waals surface area contributed by atoms with Crippen molar-refractivity contribution >= 4 is 55.7 Å². The average Bonchev–Trinajstić information content (AvgIpc) is 2.42. The zero-order valence-electron chi connectivity index (χ0n) is 10.1. The van der Waals surface area contributed by atoms with Gasteiger partial charge in [-0.15, -0.1) is 0 Å². The van der Waals surface area contributed by atoms with Crippen LogP contribution >= 0.6 is 39.1 Å². The molecular formula is C14H9BrCl2O2S. The van der Waals surface area contributed by atoms with Gasteiger partial charge in [-0.05, 0) is 42.5 Å². The molecule has 0 N–H and O–H groups in total. The van der Waals surface area contributed by atoms with Crippen molar-refractivity contribution in [2.75, 3.05) is 5.75 Å². The lowest BCUT2D eigenvalue weighted by atomic mass is 10.1. The van der Waals surface area contributed by atoms with Gasteiger partial charge in [-0.1, -0.05) is 39.1 Å². The molecule has 0 heterocycles. The fourth-order valence-electron chi connectivity index (χ4n) is 1.54. The maximum atomic E-state index is 12.1. The molecule has 2 aromatic rings. The third-order valence-electron chi connectivity index (χ3n) is 2.58. The van der Waals surface area contributed by atoms with E-state index in [-0.39, 0.29) is 11.5 Å². The van der Waals surface area contributed by atoms with Crippen LogP contribution in [0.3, 0.4) is 0 Å². The smallest absolute Gasteiger partial charge is 0.175 e. The maximum Gasteiger partial charge on any atom is 0.175 e. The fraction of sp³-hybridized carbons (Fsp3) is 0.0714. The molecule has 0 radical (unpaired) electrons. The first kappa shape index (κ1) is 15.7. The van der Waals surface area contributed by atoms with E-state index in [4.69, 9.17) is 23.2 Å². The quantitative estimate of drug-likeness (QED) is 0.705. The minimum Gasteiger partial charge on any atom is -0.293 e. The molecular weight excluding hydrogens is 383 g/mol. The molecule has 0 aromatic heterocycles. The summed E-state index contributed by atoms with van der Waals surface area (Å²) in [6, 6.07) is 11.7. The van der Waals surface area contributed by atoms with Crippen LogP contribution in [0.15, 0.2) is 51.8 Å². The summed E-state index contributed by atoms with van der Waals surface area (Å²) < 4.78 is 13.0. The minimum atomic E-state index is -1.38. The third kappa shape index (κ3) is 3.92. The number of hydrogen-bond donors (Lipinski definition) is 0. The van der Waals surface area contributed by atoms with Gasteiger partial charge >= 0.3 is 0 Å². The van der Waals surface area contributed by atoms with Crippen LogP contribution < -0.4 is 0 Å². The molecule has 0 bridgehead atoms. The topological polar surface area (TPSA) is 34.1 Å². The molecule has 1 unspecified atom stereocenters. The second-order valence-corrected chi connectivity index (χ2v) is 7.18. The first-order chi connectivity index (χ1) is 9.47. The van der Waals surface area contributed by atoms with Gasteiger partial charge in [-0.25, -0.2) is 0 Å². The average molecular weight is 392 g/mol. The van der Waals surface area contributed by atoms with E-state index in [0.717, 1.165) is 4.47 Å². The predicted molar refractivity (Wildman–Crippen MR) is 86.2 cm³/mol. The lowest BCUT2D eigenvalue weighted by Gasteiger charge is -2.04. The van der Waals surface area contributed by atoms with Crippen molar-refractivity contribution in [3.63, 3.8) is 0 Å². The van der Waals surface area contributed by atoms with Crippen LogP contribution in [0.1, 0.15) is 10.4 Å². The molecule has 6 heteroatoms. The highest BCUT2D eigenvalue weighted by atomic mass is 79.9.